The summed E-state index contributed by atoms with van der Waals surface area (Å²) >= 11 is 0. The monoisotopic (exact) mass is 632 g/mol. The van der Waals surface area contributed by atoms with E-state index in [2.05, 4.69) is 73.9 Å². The van der Waals surface area contributed by atoms with Crippen molar-refractivity contribution in [1.29, 1.82) is 0 Å². The van der Waals surface area contributed by atoms with Crippen LogP contribution < -0.4 is 9.80 Å². The molecule has 2 aliphatic rings. The van der Waals surface area contributed by atoms with E-state index in [1.54, 1.807) is 36.4 Å². The van der Waals surface area contributed by atoms with Crippen LogP contribution in [0, 0.1) is 27.7 Å². The second-order valence-corrected chi connectivity index (χ2v) is 15.8. The van der Waals surface area contributed by atoms with E-state index in [1.807, 2.05) is 0 Å². The predicted octanol–water partition coefficient (Wildman–Crippen LogP) is 5.10. The lowest BCUT2D eigenvalue weighted by Crippen LogP contribution is -2.49. The Balaban J connectivity index is 1.24. The minimum Gasteiger partial charge on any atom is -0.369 e. The number of anilines is 2. The Morgan fingerprint density at radius 2 is 0.841 bits per heavy atom. The summed E-state index contributed by atoms with van der Waals surface area (Å²) in [7, 11) is -7.71. The van der Waals surface area contributed by atoms with E-state index in [9.17, 15) is 16.8 Å². The molecular weight excluding hydrogens is 593 g/mol. The number of nitrogens with zero attached hydrogens (tertiary/aromatic N) is 4. The van der Waals surface area contributed by atoms with Gasteiger partial charge >= 0.3 is 0 Å². The van der Waals surface area contributed by atoms with Crippen LogP contribution in [0.5, 0.6) is 0 Å². The Kier molecular flexibility index (Phi) is 8.21. The quantitative estimate of drug-likeness (QED) is 0.295. The first-order chi connectivity index (χ1) is 21.0. The van der Waals surface area contributed by atoms with E-state index in [0.717, 1.165) is 11.4 Å². The molecule has 232 valence electrons. The molecule has 4 aromatic rings. The first kappa shape index (κ1) is 30.6. The highest BCUT2D eigenvalue weighted by atomic mass is 32.2. The maximum atomic E-state index is 14.0. The van der Waals surface area contributed by atoms with Gasteiger partial charge in [-0.3, -0.25) is 0 Å². The third kappa shape index (κ3) is 5.60. The van der Waals surface area contributed by atoms with Gasteiger partial charge in [0.1, 0.15) is 0 Å². The van der Waals surface area contributed by atoms with Crippen LogP contribution in [-0.2, 0) is 20.0 Å². The average Bonchev–Trinajstić information content (AvgIpc) is 3.03. The van der Waals surface area contributed by atoms with Gasteiger partial charge in [0.2, 0.25) is 20.0 Å². The van der Waals surface area contributed by atoms with Crippen molar-refractivity contribution in [3.05, 3.63) is 95.1 Å². The molecule has 2 fully saturated rings. The number of fused-ring (bicyclic) bond motifs is 1. The fourth-order valence-electron chi connectivity index (χ4n) is 6.44. The van der Waals surface area contributed by atoms with Crippen molar-refractivity contribution in [2.75, 3.05) is 62.2 Å². The van der Waals surface area contributed by atoms with Gasteiger partial charge in [0.25, 0.3) is 0 Å². The van der Waals surface area contributed by atoms with Gasteiger partial charge < -0.3 is 9.80 Å². The molecule has 0 N–H and O–H groups in total. The van der Waals surface area contributed by atoms with E-state index in [4.69, 9.17) is 0 Å². The predicted molar refractivity (Wildman–Crippen MR) is 178 cm³/mol. The molecule has 44 heavy (non-hydrogen) atoms. The maximum Gasteiger partial charge on any atom is 0.243 e. The molecule has 10 heteroatoms. The zero-order chi connectivity index (χ0) is 31.2. The molecule has 0 aliphatic carbocycles. The number of hydrogen-bond acceptors (Lipinski definition) is 6. The maximum absolute atomic E-state index is 14.0. The summed E-state index contributed by atoms with van der Waals surface area (Å²) < 4.78 is 59.0. The standard InChI is InChI=1S/C34H40N4O4S2/c1-25-11-13-27(3)31(23-25)35-15-19-37(20-16-35)43(39,40)33-9-5-8-30-29(33)7-6-10-34(30)44(41,42)38-21-17-36(18-22-38)32-24-26(2)12-14-28(32)4/h5-14,23-24H,15-22H2,1-4H3. The van der Waals surface area contributed by atoms with Gasteiger partial charge in [-0.05, 0) is 74.2 Å². The molecule has 0 saturated carbocycles. The lowest BCUT2D eigenvalue weighted by molar-refractivity contribution is 0.384. The number of piperazine rings is 2. The molecule has 2 saturated heterocycles. The first-order valence-corrected chi connectivity index (χ1v) is 18.0. The molecule has 0 spiro atoms. The Morgan fingerprint density at radius 1 is 0.477 bits per heavy atom. The highest BCUT2D eigenvalue weighted by Crippen LogP contribution is 2.33. The summed E-state index contributed by atoms with van der Waals surface area (Å²) in [5.41, 5.74) is 6.95. The number of benzene rings is 4. The van der Waals surface area contributed by atoms with E-state index in [0.29, 0.717) is 63.1 Å². The minimum atomic E-state index is -3.85. The van der Waals surface area contributed by atoms with E-state index in [-0.39, 0.29) is 9.79 Å². The summed E-state index contributed by atoms with van der Waals surface area (Å²) in [6.07, 6.45) is 0. The zero-order valence-corrected chi connectivity index (χ0v) is 27.5. The summed E-state index contributed by atoms with van der Waals surface area (Å²) in [6.45, 7) is 12.0. The van der Waals surface area contributed by atoms with E-state index < -0.39 is 20.0 Å². The number of rotatable bonds is 6. The molecule has 2 heterocycles. The molecular formula is C34H40N4O4S2. The van der Waals surface area contributed by atoms with Gasteiger partial charge in [-0.1, -0.05) is 48.5 Å². The highest BCUT2D eigenvalue weighted by molar-refractivity contribution is 7.89. The van der Waals surface area contributed by atoms with Crippen LogP contribution >= 0.6 is 0 Å². The van der Waals surface area contributed by atoms with Crippen LogP contribution in [0.4, 0.5) is 11.4 Å². The van der Waals surface area contributed by atoms with Gasteiger partial charge in [0.05, 0.1) is 9.79 Å². The fourth-order valence-corrected chi connectivity index (χ4v) is 9.70. The molecule has 4 aromatic carbocycles. The molecule has 8 nitrogen and oxygen atoms in total. The highest BCUT2D eigenvalue weighted by Gasteiger charge is 2.33. The van der Waals surface area contributed by atoms with Crippen molar-refractivity contribution < 1.29 is 16.8 Å². The summed E-state index contributed by atoms with van der Waals surface area (Å²) in [5, 5.41) is 0.860. The number of aryl methyl sites for hydroxylation is 4. The lowest BCUT2D eigenvalue weighted by Gasteiger charge is -2.36. The van der Waals surface area contributed by atoms with E-state index >= 15 is 0 Å². The Morgan fingerprint density at radius 3 is 1.20 bits per heavy atom. The molecule has 0 radical (unpaired) electrons. The topological polar surface area (TPSA) is 81.2 Å². The largest absolute Gasteiger partial charge is 0.369 e. The van der Waals surface area contributed by atoms with Crippen molar-refractivity contribution in [1.82, 2.24) is 8.61 Å². The normalized spacial score (nSPS) is 17.4. The second kappa shape index (κ2) is 11.8. The summed E-state index contributed by atoms with van der Waals surface area (Å²) in [5.74, 6) is 0. The number of sulfonamides is 2. The summed E-state index contributed by atoms with van der Waals surface area (Å²) in [4.78, 5) is 4.77. The Labute approximate surface area is 261 Å². The minimum absolute atomic E-state index is 0.145. The molecule has 2 aliphatic heterocycles. The average molecular weight is 633 g/mol. The molecule has 0 bridgehead atoms. The Bertz CT molecular complexity index is 1790. The summed E-state index contributed by atoms with van der Waals surface area (Å²) in [6, 6.07) is 22.6. The van der Waals surface area contributed by atoms with E-state index in [1.165, 1.54) is 30.9 Å². The fraction of sp³-hybridized carbons (Fsp3) is 0.353. The van der Waals surface area contributed by atoms with Gasteiger partial charge in [-0.2, -0.15) is 8.61 Å². The van der Waals surface area contributed by atoms with Gasteiger partial charge in [-0.25, -0.2) is 16.8 Å². The van der Waals surface area contributed by atoms with Crippen LogP contribution in [0.15, 0.2) is 82.6 Å². The molecule has 0 aromatic heterocycles. The van der Waals surface area contributed by atoms with Crippen LogP contribution in [0.3, 0.4) is 0 Å². The third-order valence-electron chi connectivity index (χ3n) is 8.97. The van der Waals surface area contributed by atoms with Crippen molar-refractivity contribution in [2.24, 2.45) is 0 Å². The van der Waals surface area contributed by atoms with Crippen molar-refractivity contribution in [3.8, 4) is 0 Å². The zero-order valence-electron chi connectivity index (χ0n) is 25.8. The first-order valence-electron chi connectivity index (χ1n) is 15.1. The van der Waals surface area contributed by atoms with Crippen LogP contribution in [0.25, 0.3) is 10.8 Å². The van der Waals surface area contributed by atoms with Gasteiger partial charge in [0, 0.05) is 74.5 Å². The number of hydrogen-bond donors (Lipinski definition) is 0. The third-order valence-corrected chi connectivity index (χ3v) is 12.9. The van der Waals surface area contributed by atoms with Crippen molar-refractivity contribution in [2.45, 2.75) is 37.5 Å². The lowest BCUT2D eigenvalue weighted by atomic mass is 10.1. The SMILES string of the molecule is Cc1ccc(C)c(N2CCN(S(=O)(=O)c3cccc4c(S(=O)(=O)N5CCN(c6cc(C)ccc6C)CC5)cccc34)CC2)c1. The van der Waals surface area contributed by atoms with Gasteiger partial charge in [-0.15, -0.1) is 0 Å². The van der Waals surface area contributed by atoms with Gasteiger partial charge in [0.15, 0.2) is 0 Å². The molecule has 0 atom stereocenters. The molecule has 0 amide bonds. The molecule has 6 rings (SSSR count). The van der Waals surface area contributed by atoms with Crippen LogP contribution in [0.2, 0.25) is 0 Å². The van der Waals surface area contributed by atoms with Crippen molar-refractivity contribution >= 4 is 42.2 Å². The Hall–Kier alpha value is -3.44. The smallest absolute Gasteiger partial charge is 0.243 e. The van der Waals surface area contributed by atoms with Crippen LogP contribution in [-0.4, -0.2) is 77.8 Å². The van der Waals surface area contributed by atoms with Crippen LogP contribution in [0.1, 0.15) is 22.3 Å². The van der Waals surface area contributed by atoms with Crippen molar-refractivity contribution in [3.63, 3.8) is 0 Å². The second-order valence-electron chi connectivity index (χ2n) is 12.0. The molecule has 0 unspecified atom stereocenters.